The van der Waals surface area contributed by atoms with Gasteiger partial charge in [0.05, 0.1) is 16.7 Å². The Kier molecular flexibility index (Phi) is 6.69. The Labute approximate surface area is 146 Å². The van der Waals surface area contributed by atoms with E-state index in [0.29, 0.717) is 23.1 Å². The van der Waals surface area contributed by atoms with E-state index in [1.165, 1.54) is 0 Å². The van der Waals surface area contributed by atoms with Gasteiger partial charge in [0.2, 0.25) is 0 Å². The molecule has 0 aromatic heterocycles. The van der Waals surface area contributed by atoms with Gasteiger partial charge in [-0.05, 0) is 48.6 Å². The van der Waals surface area contributed by atoms with E-state index in [4.69, 9.17) is 27.9 Å². The number of benzene rings is 2. The van der Waals surface area contributed by atoms with Crippen molar-refractivity contribution in [1.82, 2.24) is 0 Å². The van der Waals surface area contributed by atoms with E-state index in [-0.39, 0.29) is 5.97 Å². The highest BCUT2D eigenvalue weighted by atomic mass is 35.5. The molecule has 0 aliphatic rings. The molecule has 0 fully saturated rings. The molecule has 0 N–H and O–H groups in total. The van der Waals surface area contributed by atoms with Gasteiger partial charge in [-0.1, -0.05) is 59.6 Å². The predicted octanol–water partition coefficient (Wildman–Crippen LogP) is 5.57. The van der Waals surface area contributed by atoms with Crippen molar-refractivity contribution in [2.45, 2.75) is 19.8 Å². The first kappa shape index (κ1) is 17.6. The molecule has 0 amide bonds. The minimum absolute atomic E-state index is 0.319. The first-order valence-electron chi connectivity index (χ1n) is 7.47. The van der Waals surface area contributed by atoms with E-state index in [9.17, 15) is 4.79 Å². The molecule has 0 atom stereocenters. The first-order chi connectivity index (χ1) is 11.1. The number of carbonyl (C=O) groups excluding carboxylic acids is 1. The van der Waals surface area contributed by atoms with Gasteiger partial charge in [-0.25, -0.2) is 4.79 Å². The Morgan fingerprint density at radius 3 is 2.48 bits per heavy atom. The predicted molar refractivity (Wildman–Crippen MR) is 95.8 cm³/mol. The summed E-state index contributed by atoms with van der Waals surface area (Å²) in [6, 6.07) is 15.4. The molecule has 0 saturated carbocycles. The summed E-state index contributed by atoms with van der Waals surface area (Å²) in [5.74, 6) is -0.319. The number of rotatable bonds is 6. The van der Waals surface area contributed by atoms with Crippen molar-refractivity contribution in [3.8, 4) is 0 Å². The van der Waals surface area contributed by atoms with Crippen LogP contribution in [0.15, 0.2) is 54.6 Å². The van der Waals surface area contributed by atoms with Crippen LogP contribution in [-0.4, -0.2) is 12.6 Å². The molecule has 120 valence electrons. The van der Waals surface area contributed by atoms with Crippen LogP contribution in [0.4, 0.5) is 0 Å². The zero-order valence-electron chi connectivity index (χ0n) is 12.9. The molecule has 23 heavy (non-hydrogen) atoms. The average Bonchev–Trinajstić information content (AvgIpc) is 2.55. The molecular formula is C19H18Cl2O2. The Balaban J connectivity index is 2.17. The van der Waals surface area contributed by atoms with Gasteiger partial charge in [0, 0.05) is 6.08 Å². The molecule has 0 unspecified atom stereocenters. The fourth-order valence-electron chi connectivity index (χ4n) is 2.25. The number of allylic oxidation sites excluding steroid dienone is 1. The molecule has 2 nitrogen and oxygen atoms in total. The highest BCUT2D eigenvalue weighted by Gasteiger charge is 2.07. The molecule has 0 aliphatic carbocycles. The lowest BCUT2D eigenvalue weighted by Gasteiger charge is -2.09. The summed E-state index contributed by atoms with van der Waals surface area (Å²) >= 11 is 12.0. The van der Waals surface area contributed by atoms with Crippen molar-refractivity contribution in [2.24, 2.45) is 0 Å². The van der Waals surface area contributed by atoms with Crippen LogP contribution in [0.5, 0.6) is 0 Å². The molecular weight excluding hydrogens is 331 g/mol. The summed E-state index contributed by atoms with van der Waals surface area (Å²) in [5.41, 5.74) is 3.03. The van der Waals surface area contributed by atoms with E-state index < -0.39 is 0 Å². The van der Waals surface area contributed by atoms with Gasteiger partial charge < -0.3 is 4.74 Å². The van der Waals surface area contributed by atoms with Crippen molar-refractivity contribution in [1.29, 1.82) is 0 Å². The lowest BCUT2D eigenvalue weighted by Crippen LogP contribution is -2.02. The van der Waals surface area contributed by atoms with Crippen molar-refractivity contribution in [3.63, 3.8) is 0 Å². The van der Waals surface area contributed by atoms with E-state index in [2.05, 4.69) is 0 Å². The zero-order valence-corrected chi connectivity index (χ0v) is 14.4. The molecule has 0 heterocycles. The summed E-state index contributed by atoms with van der Waals surface area (Å²) in [6.45, 7) is 2.16. The lowest BCUT2D eigenvalue weighted by atomic mass is 9.98. The smallest absolute Gasteiger partial charge is 0.331 e. The zero-order chi connectivity index (χ0) is 16.7. The minimum atomic E-state index is -0.319. The van der Waals surface area contributed by atoms with Gasteiger partial charge >= 0.3 is 5.97 Å². The second-order valence-electron chi connectivity index (χ2n) is 5.04. The standard InChI is InChI=1S/C19H18Cl2O2/c1-2-23-19(22)13-16(15-6-4-3-5-7-15)10-8-14-9-11-17(20)18(21)12-14/h3-7,9,11-13H,2,8,10H2,1H3/b16-13+. The maximum absolute atomic E-state index is 11.8. The van der Waals surface area contributed by atoms with Crippen molar-refractivity contribution in [2.75, 3.05) is 6.61 Å². The van der Waals surface area contributed by atoms with Crippen LogP contribution in [0.1, 0.15) is 24.5 Å². The van der Waals surface area contributed by atoms with Crippen LogP contribution in [0.25, 0.3) is 5.57 Å². The van der Waals surface area contributed by atoms with Crippen molar-refractivity contribution >= 4 is 34.7 Å². The largest absolute Gasteiger partial charge is 0.463 e. The number of hydrogen-bond acceptors (Lipinski definition) is 2. The molecule has 0 spiro atoms. The second-order valence-corrected chi connectivity index (χ2v) is 5.85. The van der Waals surface area contributed by atoms with E-state index >= 15 is 0 Å². The number of ether oxygens (including phenoxy) is 1. The van der Waals surface area contributed by atoms with Gasteiger partial charge in [-0.3, -0.25) is 0 Å². The van der Waals surface area contributed by atoms with E-state index in [0.717, 1.165) is 23.1 Å². The van der Waals surface area contributed by atoms with Crippen LogP contribution < -0.4 is 0 Å². The molecule has 0 bridgehead atoms. The molecule has 0 radical (unpaired) electrons. The second kappa shape index (κ2) is 8.76. The van der Waals surface area contributed by atoms with Crippen LogP contribution in [0.3, 0.4) is 0 Å². The fourth-order valence-corrected chi connectivity index (χ4v) is 2.57. The lowest BCUT2D eigenvalue weighted by molar-refractivity contribution is -0.137. The summed E-state index contributed by atoms with van der Waals surface area (Å²) in [4.78, 5) is 11.8. The number of carbonyl (C=O) groups is 1. The van der Waals surface area contributed by atoms with E-state index in [1.807, 2.05) is 42.5 Å². The van der Waals surface area contributed by atoms with Crippen molar-refractivity contribution in [3.05, 3.63) is 75.8 Å². The number of esters is 1. The van der Waals surface area contributed by atoms with Gasteiger partial charge in [0.1, 0.15) is 0 Å². The van der Waals surface area contributed by atoms with Gasteiger partial charge in [-0.15, -0.1) is 0 Å². The fraction of sp³-hybridized carbons (Fsp3) is 0.211. The Morgan fingerprint density at radius 2 is 1.83 bits per heavy atom. The number of halogens is 2. The monoisotopic (exact) mass is 348 g/mol. The Bertz CT molecular complexity index is 694. The van der Waals surface area contributed by atoms with Crippen LogP contribution >= 0.6 is 23.2 Å². The Hall–Kier alpha value is -1.77. The van der Waals surface area contributed by atoms with Crippen LogP contribution in [-0.2, 0) is 16.0 Å². The van der Waals surface area contributed by atoms with Gasteiger partial charge in [0.15, 0.2) is 0 Å². The normalized spacial score (nSPS) is 11.3. The topological polar surface area (TPSA) is 26.3 Å². The Morgan fingerprint density at radius 1 is 1.09 bits per heavy atom. The average molecular weight is 349 g/mol. The third-order valence-electron chi connectivity index (χ3n) is 3.39. The van der Waals surface area contributed by atoms with Gasteiger partial charge in [0.25, 0.3) is 0 Å². The first-order valence-corrected chi connectivity index (χ1v) is 8.22. The maximum atomic E-state index is 11.8. The summed E-state index contributed by atoms with van der Waals surface area (Å²) < 4.78 is 5.03. The summed E-state index contributed by atoms with van der Waals surface area (Å²) in [7, 11) is 0. The summed E-state index contributed by atoms with van der Waals surface area (Å²) in [6.07, 6.45) is 3.04. The molecule has 4 heteroatoms. The molecule has 2 aromatic carbocycles. The molecule has 0 aliphatic heterocycles. The number of hydrogen-bond donors (Lipinski definition) is 0. The highest BCUT2D eigenvalue weighted by molar-refractivity contribution is 6.42. The summed E-state index contributed by atoms with van der Waals surface area (Å²) in [5, 5.41) is 1.08. The van der Waals surface area contributed by atoms with E-state index in [1.54, 1.807) is 19.1 Å². The third kappa shape index (κ3) is 5.42. The maximum Gasteiger partial charge on any atom is 0.331 e. The molecule has 2 aromatic rings. The SMILES string of the molecule is CCOC(=O)/C=C(\CCc1ccc(Cl)c(Cl)c1)c1ccccc1. The number of aryl methyl sites for hydroxylation is 1. The van der Waals surface area contributed by atoms with Crippen molar-refractivity contribution < 1.29 is 9.53 Å². The van der Waals surface area contributed by atoms with Crippen LogP contribution in [0, 0.1) is 0 Å². The quantitative estimate of drug-likeness (QED) is 0.503. The highest BCUT2D eigenvalue weighted by Crippen LogP contribution is 2.25. The minimum Gasteiger partial charge on any atom is -0.463 e. The van der Waals surface area contributed by atoms with Gasteiger partial charge in [-0.2, -0.15) is 0 Å². The van der Waals surface area contributed by atoms with Crippen LogP contribution in [0.2, 0.25) is 10.0 Å². The molecule has 0 saturated heterocycles. The molecule has 2 rings (SSSR count). The third-order valence-corrected chi connectivity index (χ3v) is 4.13.